The Labute approximate surface area is 83.3 Å². The van der Waals surface area contributed by atoms with Gasteiger partial charge >= 0.3 is 6.03 Å². The third kappa shape index (κ3) is 1.39. The Hall–Kier alpha value is -1.69. The van der Waals surface area contributed by atoms with Crippen molar-refractivity contribution in [2.24, 2.45) is 0 Å². The molecule has 0 atom stereocenters. The smallest absolute Gasteiger partial charge is 0.277 e. The largest absolute Gasteiger partial charge is 0.336 e. The van der Waals surface area contributed by atoms with Crippen molar-refractivity contribution in [3.63, 3.8) is 0 Å². The first-order valence-electron chi connectivity index (χ1n) is 3.89. The van der Waals surface area contributed by atoms with Gasteiger partial charge in [-0.3, -0.25) is 14.9 Å². The fourth-order valence-electron chi connectivity index (χ4n) is 1.17. The summed E-state index contributed by atoms with van der Waals surface area (Å²) in [4.78, 5) is 34.5. The second-order valence-corrected chi connectivity index (χ2v) is 3.64. The van der Waals surface area contributed by atoms with E-state index in [-0.39, 0.29) is 6.42 Å². The first-order chi connectivity index (χ1) is 6.68. The van der Waals surface area contributed by atoms with Gasteiger partial charge in [-0.25, -0.2) is 9.69 Å². The Morgan fingerprint density at radius 3 is 2.71 bits per heavy atom. The summed E-state index contributed by atoms with van der Waals surface area (Å²) >= 11 is 1.27. The minimum Gasteiger partial charge on any atom is -0.277 e. The van der Waals surface area contributed by atoms with Crippen LogP contribution < -0.4 is 10.2 Å². The van der Waals surface area contributed by atoms with E-state index in [2.05, 4.69) is 5.32 Å². The zero-order chi connectivity index (χ0) is 10.1. The van der Waals surface area contributed by atoms with Crippen LogP contribution in [-0.4, -0.2) is 17.8 Å². The lowest BCUT2D eigenvalue weighted by molar-refractivity contribution is -0.128. The number of nitrogens with one attached hydrogen (secondary N) is 1. The van der Waals surface area contributed by atoms with E-state index in [9.17, 15) is 14.4 Å². The quantitative estimate of drug-likeness (QED) is 0.694. The normalized spacial score (nSPS) is 17.1. The van der Waals surface area contributed by atoms with Crippen molar-refractivity contribution in [1.82, 2.24) is 5.32 Å². The topological polar surface area (TPSA) is 66.5 Å². The van der Waals surface area contributed by atoms with Crippen molar-refractivity contribution in [1.29, 1.82) is 0 Å². The number of nitrogens with zero attached hydrogens (tertiary/aromatic N) is 1. The second kappa shape index (κ2) is 3.22. The molecular formula is C8H6N2O3S. The minimum atomic E-state index is -0.673. The molecule has 4 amide bonds. The molecule has 1 fully saturated rings. The SMILES string of the molecule is O=C1CC(=O)N(c2cccs2)C(=O)N1. The number of hydrogen-bond donors (Lipinski definition) is 1. The van der Waals surface area contributed by atoms with E-state index in [0.717, 1.165) is 4.90 Å². The summed E-state index contributed by atoms with van der Waals surface area (Å²) < 4.78 is 0. The van der Waals surface area contributed by atoms with E-state index in [1.54, 1.807) is 17.5 Å². The summed E-state index contributed by atoms with van der Waals surface area (Å²) in [6.45, 7) is 0. The number of carbonyl (C=O) groups excluding carboxylic acids is 3. The van der Waals surface area contributed by atoms with Crippen LogP contribution in [0.3, 0.4) is 0 Å². The molecule has 0 aromatic carbocycles. The van der Waals surface area contributed by atoms with Gasteiger partial charge in [0.2, 0.25) is 11.8 Å². The molecule has 1 N–H and O–H groups in total. The molecular weight excluding hydrogens is 204 g/mol. The number of urea groups is 1. The molecule has 2 rings (SSSR count). The summed E-state index contributed by atoms with van der Waals surface area (Å²) in [6.07, 6.45) is -0.274. The number of barbiturate groups is 1. The van der Waals surface area contributed by atoms with Crippen LogP contribution in [0.1, 0.15) is 6.42 Å². The fraction of sp³-hybridized carbons (Fsp3) is 0.125. The highest BCUT2D eigenvalue weighted by Crippen LogP contribution is 2.23. The van der Waals surface area contributed by atoms with Gasteiger partial charge in [-0.2, -0.15) is 0 Å². The number of hydrogen-bond acceptors (Lipinski definition) is 4. The van der Waals surface area contributed by atoms with Gasteiger partial charge in [0.1, 0.15) is 11.4 Å². The maximum atomic E-state index is 11.4. The van der Waals surface area contributed by atoms with Crippen molar-refractivity contribution in [2.45, 2.75) is 6.42 Å². The highest BCUT2D eigenvalue weighted by atomic mass is 32.1. The van der Waals surface area contributed by atoms with Crippen LogP contribution in [0.4, 0.5) is 9.80 Å². The molecule has 1 aliphatic heterocycles. The van der Waals surface area contributed by atoms with Crippen molar-refractivity contribution in [3.8, 4) is 0 Å². The Morgan fingerprint density at radius 1 is 1.36 bits per heavy atom. The molecule has 2 heterocycles. The van der Waals surface area contributed by atoms with Gasteiger partial charge in [0.25, 0.3) is 0 Å². The number of imide groups is 2. The molecule has 72 valence electrons. The lowest BCUT2D eigenvalue weighted by Crippen LogP contribution is -2.52. The third-order valence-electron chi connectivity index (χ3n) is 1.74. The Bertz CT molecular complexity index is 379. The molecule has 0 saturated carbocycles. The third-order valence-corrected chi connectivity index (χ3v) is 2.59. The van der Waals surface area contributed by atoms with Crippen LogP contribution in [0, 0.1) is 0 Å². The predicted molar refractivity (Wildman–Crippen MR) is 50.0 cm³/mol. The van der Waals surface area contributed by atoms with Crippen LogP contribution in [0.2, 0.25) is 0 Å². The van der Waals surface area contributed by atoms with E-state index in [1.165, 1.54) is 11.3 Å². The summed E-state index contributed by atoms with van der Waals surface area (Å²) in [5.41, 5.74) is 0. The molecule has 0 spiro atoms. The molecule has 1 aliphatic rings. The first-order valence-corrected chi connectivity index (χ1v) is 4.77. The van der Waals surface area contributed by atoms with Gasteiger partial charge in [-0.15, -0.1) is 11.3 Å². The monoisotopic (exact) mass is 210 g/mol. The maximum absolute atomic E-state index is 11.4. The van der Waals surface area contributed by atoms with Gasteiger partial charge in [-0.1, -0.05) is 0 Å². The molecule has 1 aromatic heterocycles. The molecule has 6 heteroatoms. The first kappa shape index (κ1) is 8.89. The van der Waals surface area contributed by atoms with E-state index in [4.69, 9.17) is 0 Å². The highest BCUT2D eigenvalue weighted by molar-refractivity contribution is 7.14. The zero-order valence-corrected chi connectivity index (χ0v) is 7.84. The molecule has 0 unspecified atom stereocenters. The van der Waals surface area contributed by atoms with Crippen molar-refractivity contribution >= 4 is 34.2 Å². The van der Waals surface area contributed by atoms with Crippen molar-refractivity contribution in [3.05, 3.63) is 17.5 Å². The van der Waals surface area contributed by atoms with Crippen LogP contribution in [-0.2, 0) is 9.59 Å². The van der Waals surface area contributed by atoms with E-state index >= 15 is 0 Å². The number of carbonyl (C=O) groups is 3. The average molecular weight is 210 g/mol. The zero-order valence-electron chi connectivity index (χ0n) is 7.02. The second-order valence-electron chi connectivity index (χ2n) is 2.71. The van der Waals surface area contributed by atoms with Crippen LogP contribution in [0.5, 0.6) is 0 Å². The number of thiophene rings is 1. The van der Waals surface area contributed by atoms with Gasteiger partial charge in [0, 0.05) is 0 Å². The molecule has 1 aromatic rings. The number of amides is 4. The van der Waals surface area contributed by atoms with E-state index in [0.29, 0.717) is 5.00 Å². The molecule has 14 heavy (non-hydrogen) atoms. The van der Waals surface area contributed by atoms with Gasteiger partial charge in [0.05, 0.1) is 0 Å². The highest BCUT2D eigenvalue weighted by Gasteiger charge is 2.32. The Kier molecular flexibility index (Phi) is 2.05. The summed E-state index contributed by atoms with van der Waals surface area (Å²) in [6, 6.07) is 2.71. The number of rotatable bonds is 1. The summed E-state index contributed by atoms with van der Waals surface area (Å²) in [7, 11) is 0. The average Bonchev–Trinajstić information content (AvgIpc) is 2.54. The lowest BCUT2D eigenvalue weighted by atomic mass is 10.3. The predicted octanol–water partition coefficient (Wildman–Crippen LogP) is 0.721. The summed E-state index contributed by atoms with van der Waals surface area (Å²) in [5.74, 6) is -1.03. The molecule has 5 nitrogen and oxygen atoms in total. The maximum Gasteiger partial charge on any atom is 0.336 e. The molecule has 1 saturated heterocycles. The standard InChI is InChI=1S/C8H6N2O3S/c11-5-4-6(12)10(8(13)9-5)7-2-1-3-14-7/h1-3H,4H2,(H,9,11,13). The molecule has 0 aliphatic carbocycles. The fourth-order valence-corrected chi connectivity index (χ4v) is 1.91. The van der Waals surface area contributed by atoms with Crippen LogP contribution in [0.25, 0.3) is 0 Å². The van der Waals surface area contributed by atoms with Crippen LogP contribution >= 0.6 is 11.3 Å². The Balaban J connectivity index is 2.31. The van der Waals surface area contributed by atoms with Gasteiger partial charge in [0.15, 0.2) is 0 Å². The molecule has 0 bridgehead atoms. The van der Waals surface area contributed by atoms with E-state index in [1.807, 2.05) is 0 Å². The Morgan fingerprint density at radius 2 is 2.14 bits per heavy atom. The lowest BCUT2D eigenvalue weighted by Gasteiger charge is -2.22. The van der Waals surface area contributed by atoms with Crippen molar-refractivity contribution in [2.75, 3.05) is 4.90 Å². The van der Waals surface area contributed by atoms with Crippen LogP contribution in [0.15, 0.2) is 17.5 Å². The van der Waals surface area contributed by atoms with E-state index < -0.39 is 17.8 Å². The molecule has 0 radical (unpaired) electrons. The van der Waals surface area contributed by atoms with Gasteiger partial charge in [-0.05, 0) is 17.5 Å². The summed E-state index contributed by atoms with van der Waals surface area (Å²) in [5, 5.41) is 4.37. The minimum absolute atomic E-state index is 0.274. The van der Waals surface area contributed by atoms with Crippen molar-refractivity contribution < 1.29 is 14.4 Å². The number of anilines is 1. The van der Waals surface area contributed by atoms with Gasteiger partial charge < -0.3 is 0 Å².